The third kappa shape index (κ3) is 4.11. The number of nitrogens with one attached hydrogen (secondary N) is 1. The van der Waals surface area contributed by atoms with Crippen LogP contribution in [0, 0.1) is 0 Å². The number of carbonyl (C=O) groups excluding carboxylic acids is 1. The van der Waals surface area contributed by atoms with Crippen LogP contribution in [0.25, 0.3) is 0 Å². The van der Waals surface area contributed by atoms with Gasteiger partial charge in [0.1, 0.15) is 0 Å². The number of hydrogen-bond donors (Lipinski definition) is 1. The van der Waals surface area contributed by atoms with E-state index >= 15 is 0 Å². The van der Waals surface area contributed by atoms with E-state index < -0.39 is 0 Å². The maximum Gasteiger partial charge on any atom is 0.257 e. The van der Waals surface area contributed by atoms with Crippen molar-refractivity contribution in [3.05, 3.63) is 23.8 Å². The molecule has 0 fully saturated rings. The standard InChI is InChI=1S/C14H17N3O3S2/c1-4-19-10-7-6-9(8-11(10)20-5-2)12(18)15-13-16-17-14(21-3)22-13/h6-8H,4-5H2,1-3H3,(H,15,16,18). The largest absolute Gasteiger partial charge is 0.490 e. The molecule has 0 aliphatic carbocycles. The fourth-order valence-corrected chi connectivity index (χ4v) is 2.87. The number of amides is 1. The van der Waals surface area contributed by atoms with Crippen LogP contribution in [-0.4, -0.2) is 35.6 Å². The third-order valence-corrected chi connectivity index (χ3v) is 4.42. The highest BCUT2D eigenvalue weighted by atomic mass is 32.2. The molecule has 0 saturated carbocycles. The molecule has 0 aliphatic rings. The van der Waals surface area contributed by atoms with Crippen LogP contribution in [0.15, 0.2) is 22.5 Å². The highest BCUT2D eigenvalue weighted by Crippen LogP contribution is 2.29. The predicted octanol–water partition coefficient (Wildman–Crippen LogP) is 3.31. The lowest BCUT2D eigenvalue weighted by molar-refractivity contribution is 0.102. The van der Waals surface area contributed by atoms with Gasteiger partial charge >= 0.3 is 0 Å². The SMILES string of the molecule is CCOc1ccc(C(=O)Nc2nnc(SC)s2)cc1OCC. The molecule has 1 aromatic carbocycles. The minimum absolute atomic E-state index is 0.257. The number of rotatable bonds is 7. The highest BCUT2D eigenvalue weighted by molar-refractivity contribution is 8.00. The lowest BCUT2D eigenvalue weighted by atomic mass is 10.2. The first kappa shape index (κ1) is 16.6. The quantitative estimate of drug-likeness (QED) is 0.616. The number of thioether (sulfide) groups is 1. The smallest absolute Gasteiger partial charge is 0.257 e. The van der Waals surface area contributed by atoms with Crippen LogP contribution < -0.4 is 14.8 Å². The summed E-state index contributed by atoms with van der Waals surface area (Å²) in [6, 6.07) is 5.09. The van der Waals surface area contributed by atoms with Crippen LogP contribution in [0.2, 0.25) is 0 Å². The van der Waals surface area contributed by atoms with Crippen LogP contribution in [0.4, 0.5) is 5.13 Å². The molecule has 118 valence electrons. The van der Waals surface area contributed by atoms with Crippen molar-refractivity contribution in [1.82, 2.24) is 10.2 Å². The summed E-state index contributed by atoms with van der Waals surface area (Å²) in [5, 5.41) is 11.1. The Morgan fingerprint density at radius 3 is 2.59 bits per heavy atom. The van der Waals surface area contributed by atoms with Gasteiger partial charge < -0.3 is 9.47 Å². The number of aromatic nitrogens is 2. The van der Waals surface area contributed by atoms with Crippen LogP contribution >= 0.6 is 23.1 Å². The Morgan fingerprint density at radius 1 is 1.23 bits per heavy atom. The topological polar surface area (TPSA) is 73.3 Å². The first-order valence-electron chi connectivity index (χ1n) is 6.76. The monoisotopic (exact) mass is 339 g/mol. The Kier molecular flexibility index (Phi) is 6.02. The van der Waals surface area contributed by atoms with Gasteiger partial charge in [-0.15, -0.1) is 10.2 Å². The summed E-state index contributed by atoms with van der Waals surface area (Å²) in [6.45, 7) is 4.81. The van der Waals surface area contributed by atoms with E-state index in [0.29, 0.717) is 35.4 Å². The summed E-state index contributed by atoms with van der Waals surface area (Å²) in [5.41, 5.74) is 0.479. The first-order valence-corrected chi connectivity index (χ1v) is 8.80. The number of hydrogen-bond acceptors (Lipinski definition) is 7. The van der Waals surface area contributed by atoms with Crippen molar-refractivity contribution in [3.63, 3.8) is 0 Å². The second kappa shape index (κ2) is 8.00. The molecule has 2 aromatic rings. The number of ether oxygens (including phenoxy) is 2. The molecule has 22 heavy (non-hydrogen) atoms. The second-order valence-corrected chi connectivity index (χ2v) is 6.09. The van der Waals surface area contributed by atoms with Gasteiger partial charge in [0.2, 0.25) is 5.13 Å². The van der Waals surface area contributed by atoms with Crippen molar-refractivity contribution >= 4 is 34.1 Å². The van der Waals surface area contributed by atoms with Crippen LogP contribution in [-0.2, 0) is 0 Å². The van der Waals surface area contributed by atoms with E-state index in [9.17, 15) is 4.79 Å². The zero-order chi connectivity index (χ0) is 15.9. The normalized spacial score (nSPS) is 10.3. The molecular weight excluding hydrogens is 322 g/mol. The summed E-state index contributed by atoms with van der Waals surface area (Å²) < 4.78 is 11.8. The van der Waals surface area contributed by atoms with Crippen molar-refractivity contribution in [3.8, 4) is 11.5 Å². The van der Waals surface area contributed by atoms with Crippen molar-refractivity contribution < 1.29 is 14.3 Å². The van der Waals surface area contributed by atoms with Gasteiger partial charge in [0.25, 0.3) is 5.91 Å². The molecule has 0 radical (unpaired) electrons. The molecular formula is C14H17N3O3S2. The summed E-state index contributed by atoms with van der Waals surface area (Å²) >= 11 is 2.82. The van der Waals surface area contributed by atoms with Gasteiger partial charge in [-0.2, -0.15) is 0 Å². The van der Waals surface area contributed by atoms with Gasteiger partial charge in [0, 0.05) is 5.56 Å². The Hall–Kier alpha value is -1.80. The molecule has 0 bridgehead atoms. The van der Waals surface area contributed by atoms with E-state index in [2.05, 4.69) is 15.5 Å². The van der Waals surface area contributed by atoms with Crippen molar-refractivity contribution in [2.75, 3.05) is 24.8 Å². The minimum atomic E-state index is -0.257. The molecule has 1 heterocycles. The number of carbonyl (C=O) groups is 1. The lowest BCUT2D eigenvalue weighted by Crippen LogP contribution is -2.12. The van der Waals surface area contributed by atoms with Gasteiger partial charge in [0.15, 0.2) is 15.8 Å². The summed E-state index contributed by atoms with van der Waals surface area (Å²) in [5.74, 6) is 0.924. The van der Waals surface area contributed by atoms with E-state index in [1.807, 2.05) is 20.1 Å². The molecule has 0 unspecified atom stereocenters. The van der Waals surface area contributed by atoms with Crippen molar-refractivity contribution in [1.29, 1.82) is 0 Å². The molecule has 0 aliphatic heterocycles. The average Bonchev–Trinajstić information content (AvgIpc) is 2.97. The Balaban J connectivity index is 2.16. The first-order chi connectivity index (χ1) is 10.7. The van der Waals surface area contributed by atoms with Crippen LogP contribution in [0.5, 0.6) is 11.5 Å². The molecule has 0 saturated heterocycles. The van der Waals surface area contributed by atoms with Crippen LogP contribution in [0.1, 0.15) is 24.2 Å². The van der Waals surface area contributed by atoms with Gasteiger partial charge in [-0.3, -0.25) is 10.1 Å². The van der Waals surface area contributed by atoms with Crippen LogP contribution in [0.3, 0.4) is 0 Å². The fourth-order valence-electron chi connectivity index (χ4n) is 1.70. The van der Waals surface area contributed by atoms with E-state index in [4.69, 9.17) is 9.47 Å². The Bertz CT molecular complexity index is 646. The van der Waals surface area contributed by atoms with Gasteiger partial charge in [-0.05, 0) is 38.3 Å². The summed E-state index contributed by atoms with van der Waals surface area (Å²) in [6.07, 6.45) is 1.91. The van der Waals surface area contributed by atoms with Gasteiger partial charge in [0.05, 0.1) is 13.2 Å². The molecule has 2 rings (SSSR count). The second-order valence-electron chi connectivity index (χ2n) is 4.06. The Labute approximate surface area is 137 Å². The highest BCUT2D eigenvalue weighted by Gasteiger charge is 2.13. The zero-order valence-corrected chi connectivity index (χ0v) is 14.2. The van der Waals surface area contributed by atoms with Gasteiger partial charge in [-0.25, -0.2) is 0 Å². The van der Waals surface area contributed by atoms with E-state index in [1.165, 1.54) is 23.1 Å². The molecule has 6 nitrogen and oxygen atoms in total. The molecule has 0 spiro atoms. The zero-order valence-electron chi connectivity index (χ0n) is 12.6. The van der Waals surface area contributed by atoms with E-state index in [-0.39, 0.29) is 5.91 Å². The maximum absolute atomic E-state index is 12.3. The maximum atomic E-state index is 12.3. The molecule has 1 N–H and O–H groups in total. The van der Waals surface area contributed by atoms with Crippen molar-refractivity contribution in [2.45, 2.75) is 18.2 Å². The molecule has 1 aromatic heterocycles. The minimum Gasteiger partial charge on any atom is -0.490 e. The third-order valence-electron chi connectivity index (χ3n) is 2.61. The summed E-state index contributed by atoms with van der Waals surface area (Å²) in [7, 11) is 0. The van der Waals surface area contributed by atoms with E-state index in [1.54, 1.807) is 18.2 Å². The van der Waals surface area contributed by atoms with E-state index in [0.717, 1.165) is 4.34 Å². The number of nitrogens with zero attached hydrogens (tertiary/aromatic N) is 2. The average molecular weight is 339 g/mol. The predicted molar refractivity (Wildman–Crippen MR) is 88.4 cm³/mol. The summed E-state index contributed by atoms with van der Waals surface area (Å²) in [4.78, 5) is 12.3. The fraction of sp³-hybridized carbons (Fsp3) is 0.357. The lowest BCUT2D eigenvalue weighted by Gasteiger charge is -2.12. The Morgan fingerprint density at radius 2 is 1.95 bits per heavy atom. The molecule has 0 atom stereocenters. The number of benzene rings is 1. The van der Waals surface area contributed by atoms with Crippen molar-refractivity contribution in [2.24, 2.45) is 0 Å². The van der Waals surface area contributed by atoms with Gasteiger partial charge in [-0.1, -0.05) is 23.1 Å². The number of anilines is 1. The molecule has 8 heteroatoms. The molecule has 1 amide bonds.